The highest BCUT2D eigenvalue weighted by Crippen LogP contribution is 2.27. The van der Waals surface area contributed by atoms with Gasteiger partial charge in [-0.25, -0.2) is 4.98 Å². The molecule has 1 N–H and O–H groups in total. The number of Topliss-reactive ketones (excluding diaryl/α,β-unsaturated/α-hetero) is 1. The number of benzene rings is 1. The Balaban J connectivity index is 2.14. The molecule has 0 atom stereocenters. The van der Waals surface area contributed by atoms with Crippen LogP contribution in [0.1, 0.15) is 10.4 Å². The smallest absolute Gasteiger partial charge is 0.480 e. The number of ketones is 1. The zero-order valence-electron chi connectivity index (χ0n) is 12.2. The first-order chi connectivity index (χ1) is 11.3. The van der Waals surface area contributed by atoms with Gasteiger partial charge in [-0.15, -0.1) is 13.2 Å². The lowest BCUT2D eigenvalue weighted by atomic mass is 10.1. The molecule has 0 saturated heterocycles. The Hall–Kier alpha value is -2.55. The molecule has 0 saturated carbocycles. The number of hydrogen-bond donors (Lipinski definition) is 1. The maximum atomic E-state index is 12.4. The fourth-order valence-electron chi connectivity index (χ4n) is 1.77. The number of para-hydroxylation sites is 1. The SMILES string of the molecule is CNc1nc(Cl)ncc1OCC(=O)c1ccccc1OC(F)(F)F. The van der Waals surface area contributed by atoms with Crippen LogP contribution in [0.3, 0.4) is 0 Å². The zero-order chi connectivity index (χ0) is 17.7. The Kier molecular flexibility index (Phi) is 5.45. The third kappa shape index (κ3) is 4.72. The number of anilines is 1. The largest absolute Gasteiger partial charge is 0.573 e. The van der Waals surface area contributed by atoms with Gasteiger partial charge in [0.25, 0.3) is 0 Å². The molecule has 2 aromatic rings. The van der Waals surface area contributed by atoms with E-state index in [4.69, 9.17) is 16.3 Å². The summed E-state index contributed by atoms with van der Waals surface area (Å²) in [5.74, 6) is -0.932. The average molecular weight is 362 g/mol. The van der Waals surface area contributed by atoms with Gasteiger partial charge >= 0.3 is 6.36 Å². The van der Waals surface area contributed by atoms with E-state index in [0.29, 0.717) is 0 Å². The molecule has 0 bridgehead atoms. The Morgan fingerprint density at radius 3 is 2.67 bits per heavy atom. The molecule has 24 heavy (non-hydrogen) atoms. The molecule has 1 aromatic carbocycles. The maximum Gasteiger partial charge on any atom is 0.573 e. The van der Waals surface area contributed by atoms with Crippen molar-refractivity contribution < 1.29 is 27.4 Å². The van der Waals surface area contributed by atoms with Crippen molar-refractivity contribution in [2.24, 2.45) is 0 Å². The molecule has 0 aliphatic rings. The Morgan fingerprint density at radius 1 is 1.29 bits per heavy atom. The standard InChI is InChI=1S/C14H11ClF3N3O3/c1-19-12-11(6-20-13(15)21-12)23-7-9(22)8-4-2-3-5-10(8)24-14(16,17)18/h2-6H,7H2,1H3,(H,19,20,21). The molecule has 10 heteroatoms. The normalized spacial score (nSPS) is 11.0. The second-order valence-electron chi connectivity index (χ2n) is 4.36. The van der Waals surface area contributed by atoms with Crippen LogP contribution in [0.5, 0.6) is 11.5 Å². The third-order valence-corrected chi connectivity index (χ3v) is 2.92. The van der Waals surface area contributed by atoms with Gasteiger partial charge < -0.3 is 14.8 Å². The summed E-state index contributed by atoms with van der Waals surface area (Å²) in [5.41, 5.74) is -0.254. The van der Waals surface area contributed by atoms with Gasteiger partial charge in [0.15, 0.2) is 18.2 Å². The van der Waals surface area contributed by atoms with Crippen molar-refractivity contribution in [2.75, 3.05) is 19.0 Å². The molecule has 0 spiro atoms. The van der Waals surface area contributed by atoms with Crippen molar-refractivity contribution in [3.05, 3.63) is 41.3 Å². The first-order valence-electron chi connectivity index (χ1n) is 6.51. The van der Waals surface area contributed by atoms with E-state index in [2.05, 4.69) is 20.0 Å². The van der Waals surface area contributed by atoms with Crippen LogP contribution in [0.25, 0.3) is 0 Å². The number of carbonyl (C=O) groups excluding carboxylic acids is 1. The Labute approximate surface area is 139 Å². The Bertz CT molecular complexity index is 741. The minimum absolute atomic E-state index is 0.0260. The van der Waals surface area contributed by atoms with Crippen molar-refractivity contribution in [3.8, 4) is 11.5 Å². The first kappa shape index (κ1) is 17.8. The molecule has 0 unspecified atom stereocenters. The molecule has 1 heterocycles. The van der Waals surface area contributed by atoms with Crippen molar-refractivity contribution in [2.45, 2.75) is 6.36 Å². The lowest BCUT2D eigenvalue weighted by Crippen LogP contribution is -2.20. The number of rotatable bonds is 6. The van der Waals surface area contributed by atoms with Gasteiger partial charge in [-0.2, -0.15) is 4.98 Å². The zero-order valence-corrected chi connectivity index (χ0v) is 13.0. The molecule has 0 amide bonds. The molecule has 6 nitrogen and oxygen atoms in total. The van der Waals surface area contributed by atoms with Crippen LogP contribution in [0.2, 0.25) is 5.28 Å². The molecule has 2 rings (SSSR count). The van der Waals surface area contributed by atoms with Gasteiger partial charge in [-0.05, 0) is 23.7 Å². The molecule has 1 aromatic heterocycles. The fourth-order valence-corrected chi connectivity index (χ4v) is 1.90. The summed E-state index contributed by atoms with van der Waals surface area (Å²) >= 11 is 5.63. The molecule has 128 valence electrons. The topological polar surface area (TPSA) is 73.3 Å². The highest BCUT2D eigenvalue weighted by molar-refractivity contribution is 6.28. The summed E-state index contributed by atoms with van der Waals surface area (Å²) in [6.07, 6.45) is -3.66. The highest BCUT2D eigenvalue weighted by Gasteiger charge is 2.32. The number of hydrogen-bond acceptors (Lipinski definition) is 6. The van der Waals surface area contributed by atoms with Crippen LogP contribution in [0.4, 0.5) is 19.0 Å². The third-order valence-electron chi connectivity index (χ3n) is 2.73. The second kappa shape index (κ2) is 7.35. The van der Waals surface area contributed by atoms with E-state index in [1.807, 2.05) is 0 Å². The number of alkyl halides is 3. The summed E-state index contributed by atoms with van der Waals surface area (Å²) in [7, 11) is 1.56. The molecule has 0 radical (unpaired) electrons. The van der Waals surface area contributed by atoms with Crippen molar-refractivity contribution in [1.29, 1.82) is 0 Å². The summed E-state index contributed by atoms with van der Waals surface area (Å²) in [6.45, 7) is -0.530. The van der Waals surface area contributed by atoms with Crippen LogP contribution < -0.4 is 14.8 Å². The number of nitrogens with zero attached hydrogens (tertiary/aromatic N) is 2. The summed E-state index contributed by atoms with van der Waals surface area (Å²) in [6, 6.07) is 5.00. The van der Waals surface area contributed by atoms with Gasteiger partial charge in [0.05, 0.1) is 11.8 Å². The quantitative estimate of drug-likeness (QED) is 0.628. The predicted molar refractivity (Wildman–Crippen MR) is 79.5 cm³/mol. The predicted octanol–water partition coefficient (Wildman–Crippen LogP) is 3.33. The lowest BCUT2D eigenvalue weighted by molar-refractivity contribution is -0.274. The molecule has 0 aliphatic carbocycles. The maximum absolute atomic E-state index is 12.4. The molecular weight excluding hydrogens is 351 g/mol. The summed E-state index contributed by atoms with van der Waals surface area (Å²) < 4.78 is 46.2. The van der Waals surface area contributed by atoms with Gasteiger partial charge in [0, 0.05) is 7.05 Å². The highest BCUT2D eigenvalue weighted by atomic mass is 35.5. The van der Waals surface area contributed by atoms with Gasteiger partial charge in [0.1, 0.15) is 5.75 Å². The van der Waals surface area contributed by atoms with E-state index in [9.17, 15) is 18.0 Å². The van der Waals surface area contributed by atoms with E-state index in [1.54, 1.807) is 7.05 Å². The average Bonchev–Trinajstić information content (AvgIpc) is 2.52. The molecule has 0 aliphatic heterocycles. The number of ether oxygens (including phenoxy) is 2. The van der Waals surface area contributed by atoms with Crippen LogP contribution in [-0.2, 0) is 0 Å². The van der Waals surface area contributed by atoms with Crippen LogP contribution >= 0.6 is 11.6 Å². The number of halogens is 4. The number of aromatic nitrogens is 2. The summed E-state index contributed by atoms with van der Waals surface area (Å²) in [5, 5.41) is 2.67. The van der Waals surface area contributed by atoms with Crippen molar-refractivity contribution in [1.82, 2.24) is 9.97 Å². The van der Waals surface area contributed by atoms with E-state index in [0.717, 1.165) is 6.07 Å². The molecule has 0 fully saturated rings. The second-order valence-corrected chi connectivity index (χ2v) is 4.70. The first-order valence-corrected chi connectivity index (χ1v) is 6.89. The number of nitrogens with one attached hydrogen (secondary N) is 1. The number of carbonyl (C=O) groups is 1. The fraction of sp³-hybridized carbons (Fsp3) is 0.214. The lowest BCUT2D eigenvalue weighted by Gasteiger charge is -2.13. The monoisotopic (exact) mass is 361 g/mol. The van der Waals surface area contributed by atoms with Gasteiger partial charge in [-0.3, -0.25) is 4.79 Å². The van der Waals surface area contributed by atoms with Crippen molar-refractivity contribution >= 4 is 23.2 Å². The van der Waals surface area contributed by atoms with Crippen LogP contribution in [0, 0.1) is 0 Å². The van der Waals surface area contributed by atoms with E-state index >= 15 is 0 Å². The minimum atomic E-state index is -4.90. The van der Waals surface area contributed by atoms with E-state index < -0.39 is 24.5 Å². The summed E-state index contributed by atoms with van der Waals surface area (Å²) in [4.78, 5) is 19.7. The van der Waals surface area contributed by atoms with Crippen LogP contribution in [-0.4, -0.2) is 35.8 Å². The Morgan fingerprint density at radius 2 is 2.00 bits per heavy atom. The molecular formula is C14H11ClF3N3O3. The minimum Gasteiger partial charge on any atom is -0.480 e. The van der Waals surface area contributed by atoms with Gasteiger partial charge in [-0.1, -0.05) is 12.1 Å². The van der Waals surface area contributed by atoms with E-state index in [1.165, 1.54) is 24.4 Å². The van der Waals surface area contributed by atoms with Crippen LogP contribution in [0.15, 0.2) is 30.5 Å². The van der Waals surface area contributed by atoms with Gasteiger partial charge in [0.2, 0.25) is 11.1 Å². The van der Waals surface area contributed by atoms with Crippen molar-refractivity contribution in [3.63, 3.8) is 0 Å². The van der Waals surface area contributed by atoms with E-state index in [-0.39, 0.29) is 22.4 Å².